The van der Waals surface area contributed by atoms with Gasteiger partial charge < -0.3 is 4.74 Å². The Balaban J connectivity index is 3.47. The van der Waals surface area contributed by atoms with E-state index in [-0.39, 0.29) is 5.97 Å². The van der Waals surface area contributed by atoms with E-state index in [1.54, 1.807) is 0 Å². The Morgan fingerprint density at radius 2 is 1.32 bits per heavy atom. The summed E-state index contributed by atoms with van der Waals surface area (Å²) in [5.74, 6) is 2.26. The molecule has 0 spiro atoms. The van der Waals surface area contributed by atoms with Crippen LogP contribution in [0.1, 0.15) is 79.1 Å². The smallest absolute Gasteiger partial charge is 0.305 e. The molecule has 0 heterocycles. The molecule has 0 aliphatic rings. The van der Waals surface area contributed by atoms with Crippen LogP contribution in [0.3, 0.4) is 0 Å². The van der Waals surface area contributed by atoms with E-state index in [1.807, 2.05) is 0 Å². The molecule has 0 rings (SSSR count). The minimum Gasteiger partial charge on any atom is -0.469 e. The van der Waals surface area contributed by atoms with Crippen LogP contribution in [0.2, 0.25) is 0 Å². The van der Waals surface area contributed by atoms with E-state index in [0.29, 0.717) is 12.3 Å². The summed E-state index contributed by atoms with van der Waals surface area (Å²) < 4.78 is 4.67. The van der Waals surface area contributed by atoms with Gasteiger partial charge in [-0.3, -0.25) is 4.79 Å². The van der Waals surface area contributed by atoms with Gasteiger partial charge in [-0.25, -0.2) is 0 Å². The van der Waals surface area contributed by atoms with Gasteiger partial charge in [-0.1, -0.05) is 66.2 Å². The van der Waals surface area contributed by atoms with Crippen molar-refractivity contribution in [2.75, 3.05) is 7.11 Å². The Bertz CT molecular complexity index is 223. The third-order valence-electron chi connectivity index (χ3n) is 3.94. The minimum atomic E-state index is -0.0751. The lowest BCUT2D eigenvalue weighted by Crippen LogP contribution is -2.04. The van der Waals surface area contributed by atoms with E-state index in [1.165, 1.54) is 45.6 Å². The fourth-order valence-electron chi connectivity index (χ4n) is 2.44. The second kappa shape index (κ2) is 11.3. The number of carbonyl (C=O) groups excluding carboxylic acids is 1. The van der Waals surface area contributed by atoms with Crippen molar-refractivity contribution in [3.05, 3.63) is 0 Å². The molecule has 0 aromatic heterocycles. The number of esters is 1. The monoisotopic (exact) mass is 270 g/mol. The standard InChI is InChI=1S/C17H34O2/c1-14(2)8-6-9-15(3)10-7-11-16(4)12-13-17(18)19-5/h14-16H,6-13H2,1-5H3/t15-,16-/m1/s1. The molecule has 0 aliphatic heterocycles. The maximum atomic E-state index is 11.0. The quantitative estimate of drug-likeness (QED) is 0.482. The van der Waals surface area contributed by atoms with E-state index >= 15 is 0 Å². The van der Waals surface area contributed by atoms with Crippen molar-refractivity contribution in [1.29, 1.82) is 0 Å². The van der Waals surface area contributed by atoms with Crippen molar-refractivity contribution in [2.45, 2.75) is 79.1 Å². The van der Waals surface area contributed by atoms with Crippen LogP contribution in [0.4, 0.5) is 0 Å². The molecule has 0 aliphatic carbocycles. The van der Waals surface area contributed by atoms with Crippen LogP contribution in [0, 0.1) is 17.8 Å². The van der Waals surface area contributed by atoms with Crippen LogP contribution in [-0.4, -0.2) is 13.1 Å². The van der Waals surface area contributed by atoms with Crippen LogP contribution >= 0.6 is 0 Å². The average Bonchev–Trinajstić information content (AvgIpc) is 2.35. The first-order valence-electron chi connectivity index (χ1n) is 8.02. The Labute approximate surface area is 120 Å². The topological polar surface area (TPSA) is 26.3 Å². The zero-order valence-corrected chi connectivity index (χ0v) is 13.7. The zero-order chi connectivity index (χ0) is 14.7. The number of hydrogen-bond donors (Lipinski definition) is 0. The molecular formula is C17H34O2. The fraction of sp³-hybridized carbons (Fsp3) is 0.941. The van der Waals surface area contributed by atoms with Gasteiger partial charge >= 0.3 is 5.97 Å². The van der Waals surface area contributed by atoms with Gasteiger partial charge in [-0.15, -0.1) is 0 Å². The lowest BCUT2D eigenvalue weighted by Gasteiger charge is -2.14. The molecule has 0 radical (unpaired) electrons. The Kier molecular flexibility index (Phi) is 11.0. The van der Waals surface area contributed by atoms with Crippen molar-refractivity contribution in [3.8, 4) is 0 Å². The number of carbonyl (C=O) groups is 1. The summed E-state index contributed by atoms with van der Waals surface area (Å²) in [7, 11) is 1.46. The van der Waals surface area contributed by atoms with E-state index in [4.69, 9.17) is 0 Å². The molecule has 19 heavy (non-hydrogen) atoms. The molecule has 114 valence electrons. The molecule has 0 saturated heterocycles. The van der Waals surface area contributed by atoms with E-state index < -0.39 is 0 Å². The summed E-state index contributed by atoms with van der Waals surface area (Å²) in [5, 5.41) is 0. The Morgan fingerprint density at radius 1 is 0.842 bits per heavy atom. The summed E-state index contributed by atoms with van der Waals surface area (Å²) in [6.45, 7) is 9.22. The third-order valence-corrected chi connectivity index (χ3v) is 3.94. The van der Waals surface area contributed by atoms with Crippen LogP contribution in [-0.2, 0) is 9.53 Å². The number of hydrogen-bond acceptors (Lipinski definition) is 2. The minimum absolute atomic E-state index is 0.0751. The van der Waals surface area contributed by atoms with Gasteiger partial charge in [0.15, 0.2) is 0 Å². The summed E-state index contributed by atoms with van der Waals surface area (Å²) in [5.41, 5.74) is 0. The molecule has 2 atom stereocenters. The first-order valence-corrected chi connectivity index (χ1v) is 8.02. The zero-order valence-electron chi connectivity index (χ0n) is 13.7. The summed E-state index contributed by atoms with van der Waals surface area (Å²) in [6, 6.07) is 0. The molecule has 0 N–H and O–H groups in total. The summed E-state index contributed by atoms with van der Waals surface area (Å²) >= 11 is 0. The molecule has 0 unspecified atom stereocenters. The van der Waals surface area contributed by atoms with Crippen molar-refractivity contribution >= 4 is 5.97 Å². The van der Waals surface area contributed by atoms with Crippen LogP contribution in [0.5, 0.6) is 0 Å². The second-order valence-corrected chi connectivity index (χ2v) is 6.58. The van der Waals surface area contributed by atoms with Gasteiger partial charge in [-0.05, 0) is 24.2 Å². The van der Waals surface area contributed by atoms with Crippen molar-refractivity contribution in [3.63, 3.8) is 0 Å². The maximum absolute atomic E-state index is 11.0. The van der Waals surface area contributed by atoms with Gasteiger partial charge in [0.05, 0.1) is 7.11 Å². The molecule has 0 saturated carbocycles. The highest BCUT2D eigenvalue weighted by Crippen LogP contribution is 2.20. The maximum Gasteiger partial charge on any atom is 0.305 e. The van der Waals surface area contributed by atoms with Crippen LogP contribution < -0.4 is 0 Å². The van der Waals surface area contributed by atoms with E-state index in [9.17, 15) is 4.79 Å². The van der Waals surface area contributed by atoms with Gasteiger partial charge in [0.1, 0.15) is 0 Å². The highest BCUT2D eigenvalue weighted by atomic mass is 16.5. The summed E-state index contributed by atoms with van der Waals surface area (Å²) in [6.07, 6.45) is 9.51. The van der Waals surface area contributed by atoms with Gasteiger partial charge in [0.25, 0.3) is 0 Å². The Morgan fingerprint density at radius 3 is 1.79 bits per heavy atom. The highest BCUT2D eigenvalue weighted by Gasteiger charge is 2.08. The predicted octanol–water partition coefficient (Wildman–Crippen LogP) is 5.21. The lowest BCUT2D eigenvalue weighted by atomic mass is 9.92. The Hall–Kier alpha value is -0.530. The molecule has 0 aromatic rings. The van der Waals surface area contributed by atoms with Crippen LogP contribution in [0.15, 0.2) is 0 Å². The number of ether oxygens (including phenoxy) is 1. The normalized spacial score (nSPS) is 14.4. The highest BCUT2D eigenvalue weighted by molar-refractivity contribution is 5.69. The second-order valence-electron chi connectivity index (χ2n) is 6.58. The van der Waals surface area contributed by atoms with Gasteiger partial charge in [0, 0.05) is 6.42 Å². The average molecular weight is 270 g/mol. The van der Waals surface area contributed by atoms with Crippen molar-refractivity contribution in [2.24, 2.45) is 17.8 Å². The lowest BCUT2D eigenvalue weighted by molar-refractivity contribution is -0.140. The van der Waals surface area contributed by atoms with Gasteiger partial charge in [-0.2, -0.15) is 0 Å². The van der Waals surface area contributed by atoms with Crippen molar-refractivity contribution in [1.82, 2.24) is 0 Å². The largest absolute Gasteiger partial charge is 0.469 e. The molecule has 0 bridgehead atoms. The molecule has 0 amide bonds. The van der Waals surface area contributed by atoms with Crippen LogP contribution in [0.25, 0.3) is 0 Å². The van der Waals surface area contributed by atoms with E-state index in [0.717, 1.165) is 18.3 Å². The molecule has 2 heteroatoms. The van der Waals surface area contributed by atoms with Gasteiger partial charge in [0.2, 0.25) is 0 Å². The molecular weight excluding hydrogens is 236 g/mol. The summed E-state index contributed by atoms with van der Waals surface area (Å²) in [4.78, 5) is 11.0. The first kappa shape index (κ1) is 18.5. The third kappa shape index (κ3) is 12.3. The number of methoxy groups -OCH3 is 1. The molecule has 2 nitrogen and oxygen atoms in total. The predicted molar refractivity (Wildman–Crippen MR) is 82.1 cm³/mol. The molecule has 0 fully saturated rings. The fourth-order valence-corrected chi connectivity index (χ4v) is 2.44. The SMILES string of the molecule is COC(=O)CC[C@H](C)CCC[C@H](C)CCCC(C)C. The first-order chi connectivity index (χ1) is 8.95. The van der Waals surface area contributed by atoms with E-state index in [2.05, 4.69) is 32.4 Å². The molecule has 0 aromatic carbocycles. The number of rotatable bonds is 11. The van der Waals surface area contributed by atoms with Crippen molar-refractivity contribution < 1.29 is 9.53 Å².